The summed E-state index contributed by atoms with van der Waals surface area (Å²) in [4.78, 5) is 18.4. The second-order valence-corrected chi connectivity index (χ2v) is 3.20. The Labute approximate surface area is 69.0 Å². The van der Waals surface area contributed by atoms with Gasteiger partial charge in [-0.05, 0) is 5.75 Å². The maximum Gasteiger partial charge on any atom is 0.270 e. The molecule has 0 saturated carbocycles. The third kappa shape index (κ3) is 2.13. The third-order valence-corrected chi connectivity index (χ3v) is 1.85. The van der Waals surface area contributed by atoms with Crippen LogP contribution in [0.3, 0.4) is 0 Å². The van der Waals surface area contributed by atoms with Gasteiger partial charge >= 0.3 is 0 Å². The molecule has 1 aliphatic rings. The zero-order valence-corrected chi connectivity index (χ0v) is 6.97. The fourth-order valence-electron chi connectivity index (χ4n) is 0.604. The van der Waals surface area contributed by atoms with E-state index in [2.05, 4.69) is 9.98 Å². The number of hydrogen-bond donors (Lipinski definition) is 1. The maximum absolute atomic E-state index is 10.9. The molecule has 0 fully saturated rings. The van der Waals surface area contributed by atoms with E-state index in [-0.39, 0.29) is 5.91 Å². The van der Waals surface area contributed by atoms with Crippen LogP contribution >= 0.6 is 11.8 Å². The zero-order valence-electron chi connectivity index (χ0n) is 6.15. The Morgan fingerprint density at radius 3 is 3.09 bits per heavy atom. The minimum Gasteiger partial charge on any atom is -0.315 e. The molecule has 60 valence electrons. The molecule has 1 aliphatic heterocycles. The zero-order chi connectivity index (χ0) is 8.27. The first-order chi connectivity index (χ1) is 5.24. The summed E-state index contributed by atoms with van der Waals surface area (Å²) in [7, 11) is 0. The number of nitrogens with zero attached hydrogens (tertiary/aromatic N) is 2. The van der Waals surface area contributed by atoms with Crippen molar-refractivity contribution in [2.24, 2.45) is 15.7 Å². The van der Waals surface area contributed by atoms with E-state index >= 15 is 0 Å². The predicted octanol–water partition coefficient (Wildman–Crippen LogP) is 0.0338. The smallest absolute Gasteiger partial charge is 0.270 e. The van der Waals surface area contributed by atoms with Crippen LogP contribution in [0.1, 0.15) is 6.92 Å². The van der Waals surface area contributed by atoms with E-state index < -0.39 is 6.04 Å². The first-order valence-corrected chi connectivity index (χ1v) is 4.27. The van der Waals surface area contributed by atoms with E-state index in [0.717, 1.165) is 5.75 Å². The van der Waals surface area contributed by atoms with Crippen molar-refractivity contribution in [3.63, 3.8) is 0 Å². The van der Waals surface area contributed by atoms with Crippen LogP contribution < -0.4 is 5.73 Å². The van der Waals surface area contributed by atoms with Crippen molar-refractivity contribution >= 4 is 29.1 Å². The summed E-state index contributed by atoms with van der Waals surface area (Å²) < 4.78 is 0. The highest BCUT2D eigenvalue weighted by atomic mass is 32.2. The quantitative estimate of drug-likeness (QED) is 0.605. The number of amidine groups is 1. The molecule has 1 atom stereocenters. The van der Waals surface area contributed by atoms with Gasteiger partial charge < -0.3 is 5.73 Å². The molecule has 0 bridgehead atoms. The first kappa shape index (κ1) is 8.42. The Morgan fingerprint density at radius 1 is 1.82 bits per heavy atom. The number of rotatable bonds is 1. The number of thioether (sulfide) groups is 1. The van der Waals surface area contributed by atoms with Crippen LogP contribution in [0.2, 0.25) is 0 Å². The Morgan fingerprint density at radius 2 is 2.55 bits per heavy atom. The van der Waals surface area contributed by atoms with Crippen LogP contribution in [-0.2, 0) is 4.79 Å². The van der Waals surface area contributed by atoms with Gasteiger partial charge in [0.15, 0.2) is 5.17 Å². The lowest BCUT2D eigenvalue weighted by atomic mass is 10.3. The summed E-state index contributed by atoms with van der Waals surface area (Å²) in [5.41, 5.74) is 5.32. The van der Waals surface area contributed by atoms with Crippen molar-refractivity contribution in [2.45, 2.75) is 13.0 Å². The molecule has 0 aliphatic carbocycles. The van der Waals surface area contributed by atoms with Crippen molar-refractivity contribution in [2.75, 3.05) is 5.75 Å². The molecule has 1 amide bonds. The Balaban J connectivity index is 2.64. The van der Waals surface area contributed by atoms with E-state index in [1.165, 1.54) is 18.0 Å². The molecule has 0 spiro atoms. The summed E-state index contributed by atoms with van der Waals surface area (Å²) in [5, 5.41) is 0.513. The molecule has 0 aromatic carbocycles. The minimum atomic E-state index is -0.642. The van der Waals surface area contributed by atoms with E-state index in [4.69, 9.17) is 5.73 Å². The summed E-state index contributed by atoms with van der Waals surface area (Å²) in [6, 6.07) is -0.642. The average Bonchev–Trinajstić information content (AvgIpc) is 1.98. The average molecular weight is 171 g/mol. The largest absolute Gasteiger partial charge is 0.315 e. The molecular formula is C6H9N3OS. The molecule has 0 aromatic rings. The Kier molecular flexibility index (Phi) is 2.78. The van der Waals surface area contributed by atoms with Gasteiger partial charge in [-0.25, -0.2) is 4.99 Å². The molecule has 1 heterocycles. The van der Waals surface area contributed by atoms with Crippen molar-refractivity contribution in [1.82, 2.24) is 0 Å². The summed E-state index contributed by atoms with van der Waals surface area (Å²) in [6.07, 6.45) is 1.42. The highest BCUT2D eigenvalue weighted by Crippen LogP contribution is 2.07. The molecule has 1 unspecified atom stereocenters. The lowest BCUT2D eigenvalue weighted by Crippen LogP contribution is -2.33. The van der Waals surface area contributed by atoms with E-state index in [9.17, 15) is 4.79 Å². The van der Waals surface area contributed by atoms with Crippen LogP contribution in [0.4, 0.5) is 0 Å². The van der Waals surface area contributed by atoms with E-state index in [1.54, 1.807) is 0 Å². The molecule has 0 saturated heterocycles. The topological polar surface area (TPSA) is 67.8 Å². The molecule has 0 radical (unpaired) electrons. The lowest BCUT2D eigenvalue weighted by molar-refractivity contribution is -0.117. The van der Waals surface area contributed by atoms with Gasteiger partial charge in [0.25, 0.3) is 5.91 Å². The van der Waals surface area contributed by atoms with E-state index in [0.29, 0.717) is 5.17 Å². The van der Waals surface area contributed by atoms with Crippen LogP contribution in [0.25, 0.3) is 0 Å². The number of amides is 1. The molecular weight excluding hydrogens is 162 g/mol. The normalized spacial score (nSPS) is 23.6. The van der Waals surface area contributed by atoms with Gasteiger partial charge in [-0.1, -0.05) is 18.7 Å². The number of carbonyl (C=O) groups excluding carboxylic acids is 1. The number of aliphatic imine (C=N–C) groups is 2. The highest BCUT2D eigenvalue weighted by molar-refractivity contribution is 8.13. The fourth-order valence-corrected chi connectivity index (χ4v) is 1.15. The SMILES string of the molecule is CCSC1=NC(=O)C(N)C=N1. The van der Waals surface area contributed by atoms with Crippen molar-refractivity contribution in [1.29, 1.82) is 0 Å². The van der Waals surface area contributed by atoms with Crippen molar-refractivity contribution in [3.05, 3.63) is 0 Å². The van der Waals surface area contributed by atoms with Crippen LogP contribution in [-0.4, -0.2) is 29.1 Å². The van der Waals surface area contributed by atoms with Crippen LogP contribution in [0, 0.1) is 0 Å². The molecule has 5 heteroatoms. The Hall–Kier alpha value is -0.680. The second-order valence-electron chi connectivity index (χ2n) is 1.97. The Bertz CT molecular complexity index is 224. The first-order valence-electron chi connectivity index (χ1n) is 3.29. The third-order valence-electron chi connectivity index (χ3n) is 1.11. The van der Waals surface area contributed by atoms with E-state index in [1.807, 2.05) is 6.92 Å². The molecule has 1 rings (SSSR count). The molecule has 0 aromatic heterocycles. The second kappa shape index (κ2) is 3.64. The van der Waals surface area contributed by atoms with Gasteiger partial charge in [0.05, 0.1) is 0 Å². The van der Waals surface area contributed by atoms with Gasteiger partial charge in [-0.2, -0.15) is 4.99 Å². The van der Waals surface area contributed by atoms with Gasteiger partial charge in [-0.15, -0.1) is 0 Å². The van der Waals surface area contributed by atoms with Crippen LogP contribution in [0.15, 0.2) is 9.98 Å². The summed E-state index contributed by atoms with van der Waals surface area (Å²) in [6.45, 7) is 1.97. The fraction of sp³-hybridized carbons (Fsp3) is 0.500. The van der Waals surface area contributed by atoms with Gasteiger partial charge in [0.2, 0.25) is 0 Å². The van der Waals surface area contributed by atoms with Gasteiger partial charge in [0, 0.05) is 6.21 Å². The highest BCUT2D eigenvalue weighted by Gasteiger charge is 2.15. The summed E-state index contributed by atoms with van der Waals surface area (Å²) in [5.74, 6) is 0.551. The number of nitrogens with two attached hydrogens (primary N) is 1. The molecule has 2 N–H and O–H groups in total. The van der Waals surface area contributed by atoms with Gasteiger partial charge in [-0.3, -0.25) is 4.79 Å². The molecule has 11 heavy (non-hydrogen) atoms. The van der Waals surface area contributed by atoms with Crippen LogP contribution in [0.5, 0.6) is 0 Å². The summed E-state index contributed by atoms with van der Waals surface area (Å²) >= 11 is 1.43. The predicted molar refractivity (Wildman–Crippen MR) is 47.0 cm³/mol. The maximum atomic E-state index is 10.9. The monoisotopic (exact) mass is 171 g/mol. The van der Waals surface area contributed by atoms with Crippen molar-refractivity contribution in [3.8, 4) is 0 Å². The minimum absolute atomic E-state index is 0.309. The standard InChI is InChI=1S/C6H9N3OS/c1-2-11-6-8-3-4(7)5(10)9-6/h3-4H,2,7H2,1H3. The van der Waals surface area contributed by atoms with Crippen molar-refractivity contribution < 1.29 is 4.79 Å². The van der Waals surface area contributed by atoms with Gasteiger partial charge in [0.1, 0.15) is 6.04 Å². The lowest BCUT2D eigenvalue weighted by Gasteiger charge is -2.06. The number of hydrogen-bond acceptors (Lipinski definition) is 4. The molecule has 4 nitrogen and oxygen atoms in total. The number of carbonyl (C=O) groups is 1.